The molecule has 1 N–H and O–H groups in total. The Morgan fingerprint density at radius 2 is 2.05 bits per heavy atom. The Bertz CT molecular complexity index is 382. The third-order valence-corrected chi connectivity index (χ3v) is 5.27. The molecule has 120 valence electrons. The first kappa shape index (κ1) is 15.6. The molecule has 3 unspecified atom stereocenters. The molecule has 2 saturated carbocycles. The van der Waals surface area contributed by atoms with Gasteiger partial charge < -0.3 is 15.1 Å². The molecule has 3 atom stereocenters. The van der Waals surface area contributed by atoms with Crippen LogP contribution in [-0.4, -0.2) is 65.8 Å². The summed E-state index contributed by atoms with van der Waals surface area (Å²) in [5, 5.41) is 3.50. The maximum absolute atomic E-state index is 12.6. The Balaban J connectivity index is 1.69. The van der Waals surface area contributed by atoms with Crippen molar-refractivity contribution in [3.8, 4) is 0 Å². The molecule has 1 aliphatic heterocycles. The highest BCUT2D eigenvalue weighted by molar-refractivity contribution is 7.81. The fourth-order valence-corrected chi connectivity index (χ4v) is 3.69. The van der Waals surface area contributed by atoms with Gasteiger partial charge in [-0.3, -0.25) is 4.79 Å². The summed E-state index contributed by atoms with van der Waals surface area (Å²) in [7, 11) is 2.20. The highest BCUT2D eigenvalue weighted by Crippen LogP contribution is 2.35. The minimum atomic E-state index is -0.178. The number of nitrogens with one attached hydrogen (secondary N) is 1. The van der Waals surface area contributed by atoms with E-state index in [2.05, 4.69) is 34.8 Å². The second kappa shape index (κ2) is 6.47. The number of likely N-dealkylation sites (tertiary alicyclic amines) is 1. The number of nitrogens with zero attached hydrogens (tertiary/aromatic N) is 2. The maximum Gasteiger partial charge on any atom is 0.235 e. The van der Waals surface area contributed by atoms with Crippen molar-refractivity contribution in [2.24, 2.45) is 5.92 Å². The molecule has 0 aromatic rings. The lowest BCUT2D eigenvalue weighted by atomic mass is 9.90. The molecule has 0 aromatic heterocycles. The Labute approximate surface area is 134 Å². The van der Waals surface area contributed by atoms with Gasteiger partial charge in [0.2, 0.25) is 5.91 Å². The highest BCUT2D eigenvalue weighted by Gasteiger charge is 2.43. The van der Waals surface area contributed by atoms with Crippen LogP contribution in [0.2, 0.25) is 0 Å². The molecule has 3 aliphatic rings. The van der Waals surface area contributed by atoms with E-state index in [1.807, 2.05) is 6.92 Å². The molecular formula is C16H29N3OS. The third kappa shape index (κ3) is 3.93. The van der Waals surface area contributed by atoms with E-state index in [1.165, 1.54) is 25.7 Å². The zero-order valence-corrected chi connectivity index (χ0v) is 14.2. The first-order valence-corrected chi connectivity index (χ1v) is 9.00. The summed E-state index contributed by atoms with van der Waals surface area (Å²) in [5.41, 5.74) is 0. The van der Waals surface area contributed by atoms with E-state index >= 15 is 0 Å². The number of hydrogen-bond donors (Lipinski definition) is 2. The second-order valence-electron chi connectivity index (χ2n) is 7.21. The summed E-state index contributed by atoms with van der Waals surface area (Å²) >= 11 is 4.40. The van der Waals surface area contributed by atoms with Crippen LogP contribution in [0.1, 0.15) is 39.0 Å². The normalized spacial score (nSPS) is 32.0. The van der Waals surface area contributed by atoms with Gasteiger partial charge in [-0.25, -0.2) is 0 Å². The topological polar surface area (TPSA) is 35.6 Å². The van der Waals surface area contributed by atoms with Gasteiger partial charge in [0, 0.05) is 37.1 Å². The predicted molar refractivity (Wildman–Crippen MR) is 88.7 cm³/mol. The Hall–Kier alpha value is -0.260. The van der Waals surface area contributed by atoms with Crippen LogP contribution in [0.4, 0.5) is 0 Å². The van der Waals surface area contributed by atoms with Crippen molar-refractivity contribution in [3.63, 3.8) is 0 Å². The third-order valence-electron chi connectivity index (χ3n) is 5.05. The maximum atomic E-state index is 12.6. The zero-order valence-electron chi connectivity index (χ0n) is 13.3. The minimum absolute atomic E-state index is 0.178. The second-order valence-corrected chi connectivity index (χ2v) is 7.99. The van der Waals surface area contributed by atoms with Crippen molar-refractivity contribution in [1.82, 2.24) is 15.1 Å². The molecule has 3 fully saturated rings. The number of hydrogen-bond acceptors (Lipinski definition) is 4. The summed E-state index contributed by atoms with van der Waals surface area (Å²) in [4.78, 5) is 17.2. The van der Waals surface area contributed by atoms with Gasteiger partial charge in [-0.05, 0) is 52.6 Å². The molecule has 21 heavy (non-hydrogen) atoms. The van der Waals surface area contributed by atoms with Crippen molar-refractivity contribution < 1.29 is 4.79 Å². The lowest BCUT2D eigenvalue weighted by Crippen LogP contribution is -2.56. The molecule has 0 bridgehead atoms. The number of carbonyl (C=O) groups is 1. The number of rotatable bonds is 6. The van der Waals surface area contributed by atoms with E-state index < -0.39 is 0 Å². The molecule has 0 radical (unpaired) electrons. The number of amides is 1. The summed E-state index contributed by atoms with van der Waals surface area (Å²) < 4.78 is 0. The molecule has 0 spiro atoms. The average Bonchev–Trinajstić information content (AvgIpc) is 3.32. The Morgan fingerprint density at radius 3 is 2.62 bits per heavy atom. The van der Waals surface area contributed by atoms with Crippen LogP contribution >= 0.6 is 12.6 Å². The van der Waals surface area contributed by atoms with Gasteiger partial charge in [0.05, 0.1) is 5.25 Å². The SMILES string of the molecule is CC(S)C(=O)N(C1CC1)C1CCN(C)CC1CNC1CC1. The lowest BCUT2D eigenvalue weighted by molar-refractivity contribution is -0.135. The first-order chi connectivity index (χ1) is 10.1. The monoisotopic (exact) mass is 311 g/mol. The molecule has 1 saturated heterocycles. The summed E-state index contributed by atoms with van der Waals surface area (Å²) in [6.45, 7) is 5.16. The summed E-state index contributed by atoms with van der Waals surface area (Å²) in [6.07, 6.45) is 6.12. The molecular weight excluding hydrogens is 282 g/mol. The fraction of sp³-hybridized carbons (Fsp3) is 0.938. The van der Waals surface area contributed by atoms with Crippen LogP contribution in [0.3, 0.4) is 0 Å². The Kier molecular flexibility index (Phi) is 4.81. The molecule has 2 aliphatic carbocycles. The van der Waals surface area contributed by atoms with Crippen LogP contribution in [0.5, 0.6) is 0 Å². The van der Waals surface area contributed by atoms with E-state index in [-0.39, 0.29) is 11.2 Å². The fourth-order valence-electron chi connectivity index (χ4n) is 3.56. The molecule has 4 nitrogen and oxygen atoms in total. The van der Waals surface area contributed by atoms with E-state index in [1.54, 1.807) is 0 Å². The summed E-state index contributed by atoms with van der Waals surface area (Å²) in [6, 6.07) is 1.64. The van der Waals surface area contributed by atoms with Gasteiger partial charge in [-0.2, -0.15) is 12.6 Å². The van der Waals surface area contributed by atoms with Gasteiger partial charge in [-0.15, -0.1) is 0 Å². The highest BCUT2D eigenvalue weighted by atomic mass is 32.1. The van der Waals surface area contributed by atoms with Crippen molar-refractivity contribution in [2.75, 3.05) is 26.7 Å². The average molecular weight is 311 g/mol. The van der Waals surface area contributed by atoms with Gasteiger partial charge in [-0.1, -0.05) is 0 Å². The largest absolute Gasteiger partial charge is 0.335 e. The van der Waals surface area contributed by atoms with E-state index in [9.17, 15) is 4.79 Å². The lowest BCUT2D eigenvalue weighted by Gasteiger charge is -2.44. The molecule has 3 rings (SSSR count). The van der Waals surface area contributed by atoms with Gasteiger partial charge in [0.1, 0.15) is 0 Å². The molecule has 1 heterocycles. The standard InChI is InChI=1S/C16H29N3OS/c1-11(21)16(20)19(14-5-6-14)15-7-8-18(2)10-12(15)9-17-13-3-4-13/h11-15,17,21H,3-10H2,1-2H3. The number of carbonyl (C=O) groups excluding carboxylic acids is 1. The first-order valence-electron chi connectivity index (χ1n) is 8.48. The van der Waals surface area contributed by atoms with Crippen molar-refractivity contribution in [2.45, 2.75) is 62.4 Å². The van der Waals surface area contributed by atoms with Crippen LogP contribution in [0.15, 0.2) is 0 Å². The van der Waals surface area contributed by atoms with Crippen molar-refractivity contribution in [3.05, 3.63) is 0 Å². The van der Waals surface area contributed by atoms with Gasteiger partial charge >= 0.3 is 0 Å². The van der Waals surface area contributed by atoms with Gasteiger partial charge in [0.25, 0.3) is 0 Å². The minimum Gasteiger partial charge on any atom is -0.335 e. The van der Waals surface area contributed by atoms with E-state index in [0.29, 0.717) is 18.0 Å². The quantitative estimate of drug-likeness (QED) is 0.727. The zero-order chi connectivity index (χ0) is 15.0. The van der Waals surface area contributed by atoms with Crippen LogP contribution in [0.25, 0.3) is 0 Å². The molecule has 0 aromatic carbocycles. The van der Waals surface area contributed by atoms with Crippen molar-refractivity contribution in [1.29, 1.82) is 0 Å². The molecule has 1 amide bonds. The predicted octanol–water partition coefficient (Wildman–Crippen LogP) is 1.37. The Morgan fingerprint density at radius 1 is 1.33 bits per heavy atom. The summed E-state index contributed by atoms with van der Waals surface area (Å²) in [5.74, 6) is 0.799. The van der Waals surface area contributed by atoms with Crippen LogP contribution in [-0.2, 0) is 4.79 Å². The van der Waals surface area contributed by atoms with E-state index in [4.69, 9.17) is 0 Å². The van der Waals surface area contributed by atoms with Crippen LogP contribution in [0, 0.1) is 5.92 Å². The van der Waals surface area contributed by atoms with Crippen LogP contribution < -0.4 is 5.32 Å². The smallest absolute Gasteiger partial charge is 0.235 e. The van der Waals surface area contributed by atoms with Crippen molar-refractivity contribution >= 4 is 18.5 Å². The van der Waals surface area contributed by atoms with E-state index in [0.717, 1.165) is 32.1 Å². The van der Waals surface area contributed by atoms with Gasteiger partial charge in [0.15, 0.2) is 0 Å². The number of thiol groups is 1. The molecule has 5 heteroatoms. The number of piperidine rings is 1.